The summed E-state index contributed by atoms with van der Waals surface area (Å²) in [4.78, 5) is 1.67. The zero-order chi connectivity index (χ0) is 12.9. The number of rotatable bonds is 0. The van der Waals surface area contributed by atoms with E-state index in [-0.39, 0.29) is 0 Å². The highest BCUT2D eigenvalue weighted by Crippen LogP contribution is 2.59. The van der Waals surface area contributed by atoms with Crippen molar-refractivity contribution >= 4 is 11.3 Å². The molecule has 0 aromatic carbocycles. The molecular formula is C16H26S. The number of fused-ring (bicyclic) bond motifs is 1. The minimum Gasteiger partial charge on any atom is -0.148 e. The Hall–Kier alpha value is -0.300. The largest absolute Gasteiger partial charge is 0.148 e. The van der Waals surface area contributed by atoms with Gasteiger partial charge in [0, 0.05) is 10.3 Å². The third kappa shape index (κ3) is 1.78. The second-order valence-corrected chi connectivity index (χ2v) is 8.45. The highest BCUT2D eigenvalue weighted by molar-refractivity contribution is 7.10. The molecule has 0 spiro atoms. The molecule has 0 radical (unpaired) electrons. The van der Waals surface area contributed by atoms with Gasteiger partial charge in [0.2, 0.25) is 0 Å². The van der Waals surface area contributed by atoms with Crippen LogP contribution in [0.4, 0.5) is 0 Å². The summed E-state index contributed by atoms with van der Waals surface area (Å²) in [6, 6.07) is 2.35. The average molecular weight is 250 g/mol. The average Bonchev–Trinajstić information content (AvgIpc) is 2.60. The van der Waals surface area contributed by atoms with Gasteiger partial charge in [0.05, 0.1) is 0 Å². The van der Waals surface area contributed by atoms with Crippen molar-refractivity contribution in [3.63, 3.8) is 0 Å². The summed E-state index contributed by atoms with van der Waals surface area (Å²) in [6.45, 7) is 14.5. The summed E-state index contributed by atoms with van der Waals surface area (Å²) in [7, 11) is 0. The van der Waals surface area contributed by atoms with Crippen LogP contribution in [0.3, 0.4) is 0 Å². The zero-order valence-corrected chi connectivity index (χ0v) is 13.0. The first kappa shape index (κ1) is 13.1. The van der Waals surface area contributed by atoms with Crippen molar-refractivity contribution in [1.29, 1.82) is 0 Å². The molecule has 2 rings (SSSR count). The molecule has 17 heavy (non-hydrogen) atoms. The molecule has 0 nitrogen and oxygen atoms in total. The van der Waals surface area contributed by atoms with E-state index in [1.165, 1.54) is 19.3 Å². The third-order valence-electron chi connectivity index (χ3n) is 4.69. The summed E-state index contributed by atoms with van der Waals surface area (Å²) in [5, 5.41) is 2.29. The predicted molar refractivity (Wildman–Crippen MR) is 77.8 cm³/mol. The summed E-state index contributed by atoms with van der Waals surface area (Å²) in [5.74, 6) is 0. The van der Waals surface area contributed by atoms with Gasteiger partial charge in [-0.1, -0.05) is 41.5 Å². The van der Waals surface area contributed by atoms with E-state index in [1.807, 2.05) is 11.3 Å². The van der Waals surface area contributed by atoms with Crippen LogP contribution in [0.1, 0.15) is 64.8 Å². The van der Waals surface area contributed by atoms with Crippen LogP contribution in [0.25, 0.3) is 0 Å². The van der Waals surface area contributed by atoms with Gasteiger partial charge in [0.15, 0.2) is 0 Å². The second kappa shape index (κ2) is 3.85. The Balaban J connectivity index is 2.67. The molecule has 0 saturated carbocycles. The maximum Gasteiger partial charge on any atom is 0.0149 e. The van der Waals surface area contributed by atoms with Crippen molar-refractivity contribution in [1.82, 2.24) is 0 Å². The van der Waals surface area contributed by atoms with Crippen LogP contribution >= 0.6 is 11.3 Å². The lowest BCUT2D eigenvalue weighted by Crippen LogP contribution is -2.51. The normalized spacial score (nSPS) is 20.1. The van der Waals surface area contributed by atoms with Crippen LogP contribution in [0.2, 0.25) is 0 Å². The Kier molecular flexibility index (Phi) is 2.97. The maximum atomic E-state index is 2.42. The van der Waals surface area contributed by atoms with E-state index in [0.29, 0.717) is 16.2 Å². The van der Waals surface area contributed by atoms with Gasteiger partial charge in [0.25, 0.3) is 0 Å². The van der Waals surface area contributed by atoms with Crippen molar-refractivity contribution in [2.75, 3.05) is 0 Å². The molecule has 0 bridgehead atoms. The van der Waals surface area contributed by atoms with E-state index in [4.69, 9.17) is 0 Å². The Bertz CT molecular complexity index is 384. The molecule has 96 valence electrons. The summed E-state index contributed by atoms with van der Waals surface area (Å²) in [5.41, 5.74) is 2.60. The number of thiophene rings is 1. The molecule has 1 aromatic rings. The molecular weight excluding hydrogens is 224 g/mol. The van der Waals surface area contributed by atoms with Gasteiger partial charge < -0.3 is 0 Å². The monoisotopic (exact) mass is 250 g/mol. The van der Waals surface area contributed by atoms with Crippen LogP contribution in [-0.4, -0.2) is 0 Å². The van der Waals surface area contributed by atoms with Crippen LogP contribution in [0, 0.1) is 10.8 Å². The van der Waals surface area contributed by atoms with Crippen LogP contribution in [0.5, 0.6) is 0 Å². The van der Waals surface area contributed by atoms with E-state index >= 15 is 0 Å². The highest BCUT2D eigenvalue weighted by atomic mass is 32.1. The van der Waals surface area contributed by atoms with Crippen LogP contribution in [-0.2, 0) is 11.8 Å². The van der Waals surface area contributed by atoms with Crippen molar-refractivity contribution in [3.05, 3.63) is 21.9 Å². The Morgan fingerprint density at radius 3 is 2.18 bits per heavy atom. The second-order valence-electron chi connectivity index (χ2n) is 7.53. The lowest BCUT2D eigenvalue weighted by Gasteiger charge is -2.55. The molecule has 0 unspecified atom stereocenters. The minimum atomic E-state index is 0.325. The molecule has 0 amide bonds. The minimum absolute atomic E-state index is 0.325. The summed E-state index contributed by atoms with van der Waals surface area (Å²) < 4.78 is 0. The fraction of sp³-hybridized carbons (Fsp3) is 0.750. The topological polar surface area (TPSA) is 0 Å². The first-order valence-electron chi connectivity index (χ1n) is 6.77. The number of hydrogen-bond acceptors (Lipinski definition) is 1. The Labute approximate surface area is 110 Å². The number of aryl methyl sites for hydroxylation is 1. The van der Waals surface area contributed by atoms with Gasteiger partial charge >= 0.3 is 0 Å². The maximum absolute atomic E-state index is 2.42. The molecule has 0 atom stereocenters. The molecule has 1 heterocycles. The molecule has 0 saturated heterocycles. The smallest absolute Gasteiger partial charge is 0.0149 e. The first-order chi connectivity index (χ1) is 7.70. The van der Waals surface area contributed by atoms with Gasteiger partial charge in [0.1, 0.15) is 0 Å². The van der Waals surface area contributed by atoms with Crippen molar-refractivity contribution < 1.29 is 0 Å². The SMILES string of the molecule is CC(C)(C)C1(C(C)(C)C)CCCc2ccsc21. The third-order valence-corrected chi connectivity index (χ3v) is 5.81. The lowest BCUT2D eigenvalue weighted by molar-refractivity contribution is 0.0376. The van der Waals surface area contributed by atoms with E-state index in [2.05, 4.69) is 53.0 Å². The fourth-order valence-corrected chi connectivity index (χ4v) is 5.73. The van der Waals surface area contributed by atoms with Crippen LogP contribution < -0.4 is 0 Å². The predicted octanol–water partition coefficient (Wildman–Crippen LogP) is 5.41. The number of hydrogen-bond donors (Lipinski definition) is 0. The standard InChI is InChI=1S/C16H26S/c1-14(2,3)16(15(4,5)6)10-7-8-12-9-11-17-13(12)16/h9,11H,7-8,10H2,1-6H3. The van der Waals surface area contributed by atoms with Crippen molar-refractivity contribution in [2.24, 2.45) is 10.8 Å². The van der Waals surface area contributed by atoms with Crippen LogP contribution in [0.15, 0.2) is 11.4 Å². The Morgan fingerprint density at radius 2 is 1.65 bits per heavy atom. The Morgan fingerprint density at radius 1 is 1.06 bits per heavy atom. The van der Waals surface area contributed by atoms with Gasteiger partial charge in [-0.15, -0.1) is 11.3 Å². The lowest BCUT2D eigenvalue weighted by atomic mass is 9.49. The summed E-state index contributed by atoms with van der Waals surface area (Å²) in [6.07, 6.45) is 3.97. The van der Waals surface area contributed by atoms with Gasteiger partial charge in [-0.05, 0) is 47.1 Å². The zero-order valence-electron chi connectivity index (χ0n) is 12.2. The van der Waals surface area contributed by atoms with Crippen molar-refractivity contribution in [2.45, 2.75) is 66.2 Å². The molecule has 1 heteroatoms. The molecule has 1 aliphatic rings. The molecule has 0 fully saturated rings. The van der Waals surface area contributed by atoms with Crippen molar-refractivity contribution in [3.8, 4) is 0 Å². The molecule has 0 N–H and O–H groups in total. The van der Waals surface area contributed by atoms with Gasteiger partial charge in [-0.2, -0.15) is 0 Å². The molecule has 0 aliphatic heterocycles. The van der Waals surface area contributed by atoms with E-state index in [1.54, 1.807) is 10.4 Å². The van der Waals surface area contributed by atoms with Gasteiger partial charge in [-0.25, -0.2) is 0 Å². The van der Waals surface area contributed by atoms with E-state index in [0.717, 1.165) is 0 Å². The fourth-order valence-electron chi connectivity index (χ4n) is 4.12. The molecule has 1 aromatic heterocycles. The summed E-state index contributed by atoms with van der Waals surface area (Å²) >= 11 is 1.99. The first-order valence-corrected chi connectivity index (χ1v) is 7.65. The van der Waals surface area contributed by atoms with E-state index < -0.39 is 0 Å². The highest BCUT2D eigenvalue weighted by Gasteiger charge is 2.53. The quantitative estimate of drug-likeness (QED) is 0.577. The van der Waals surface area contributed by atoms with Gasteiger partial charge in [-0.3, -0.25) is 0 Å². The molecule has 1 aliphatic carbocycles. The van der Waals surface area contributed by atoms with E-state index in [9.17, 15) is 0 Å².